The Morgan fingerprint density at radius 2 is 1.21 bits per heavy atom. The number of alkyl halides is 12. The van der Waals surface area contributed by atoms with Crippen molar-refractivity contribution in [2.24, 2.45) is 0 Å². The molecule has 1 unspecified atom stereocenters. The monoisotopic (exact) mass is 395 g/mol. The fourth-order valence-electron chi connectivity index (χ4n) is 0.749. The molecule has 0 saturated heterocycles. The summed E-state index contributed by atoms with van der Waals surface area (Å²) in [5.74, 6) is -17.1. The summed E-state index contributed by atoms with van der Waals surface area (Å²) in [4.78, 5) is 9.65. The Morgan fingerprint density at radius 3 is 1.50 bits per heavy atom. The van der Waals surface area contributed by atoms with E-state index in [-0.39, 0.29) is 6.15 Å². The van der Waals surface area contributed by atoms with Crippen LogP contribution in [0.2, 0.25) is 0 Å². The van der Waals surface area contributed by atoms with E-state index < -0.39 is 42.8 Å². The summed E-state index contributed by atoms with van der Waals surface area (Å²) in [6.07, 6.45) is -25.9. The summed E-state index contributed by atoms with van der Waals surface area (Å²) in [7, 11) is 0. The van der Waals surface area contributed by atoms with Crippen LogP contribution in [0, 0.1) is 0 Å². The Bertz CT molecular complexity index is 449. The molecule has 0 aromatic heterocycles. The number of hydrogen-bond acceptors (Lipinski definition) is 4. The van der Waals surface area contributed by atoms with Gasteiger partial charge in [0, 0.05) is 0 Å². The zero-order valence-electron chi connectivity index (χ0n) is 10.7. The minimum atomic E-state index is -7.33. The lowest BCUT2D eigenvalue weighted by Gasteiger charge is -2.33. The Balaban J connectivity index is 0. The van der Waals surface area contributed by atoms with E-state index in [0.717, 1.165) is 0 Å². The molecule has 146 valence electrons. The fourth-order valence-corrected chi connectivity index (χ4v) is 0.749. The van der Waals surface area contributed by atoms with Crippen molar-refractivity contribution in [1.82, 2.24) is 6.15 Å². The lowest BCUT2D eigenvalue weighted by atomic mass is 10.2. The van der Waals surface area contributed by atoms with Crippen LogP contribution in [0.5, 0.6) is 0 Å². The van der Waals surface area contributed by atoms with Crippen molar-refractivity contribution >= 4 is 5.97 Å². The molecule has 0 aromatic carbocycles. The molecule has 0 aliphatic rings. The number of carboxylic acid groups (broad SMARTS) is 1. The van der Waals surface area contributed by atoms with Crippen molar-refractivity contribution in [1.29, 1.82) is 0 Å². The van der Waals surface area contributed by atoms with Crippen LogP contribution < -0.4 is 11.3 Å². The van der Waals surface area contributed by atoms with Gasteiger partial charge in [0.25, 0.3) is 6.36 Å². The lowest BCUT2D eigenvalue weighted by Crippen LogP contribution is -2.60. The molecule has 0 aliphatic carbocycles. The smallest absolute Gasteiger partial charge is 0.527 e. The number of carboxylic acids is 1. The Labute approximate surface area is 122 Å². The van der Waals surface area contributed by atoms with Crippen LogP contribution in [-0.2, 0) is 14.3 Å². The summed E-state index contributed by atoms with van der Waals surface area (Å²) >= 11 is 0. The summed E-state index contributed by atoms with van der Waals surface area (Å²) in [5.41, 5.74) is 0. The first-order chi connectivity index (χ1) is 9.78. The quantitative estimate of drug-likeness (QED) is 0.670. The normalized spacial score (nSPS) is 15.7. The average Bonchev–Trinajstić information content (AvgIpc) is 2.23. The van der Waals surface area contributed by atoms with Crippen molar-refractivity contribution in [2.75, 3.05) is 0 Å². The SMILES string of the molecule is O=C([O-])C(F)(F)C(F)OC(F)(F)C(F)(F)C(F)(F)OC(F)(F)F.[NH4+]. The van der Waals surface area contributed by atoms with Gasteiger partial charge in [0.05, 0.1) is 0 Å². The maximum Gasteiger partial charge on any atom is 0.527 e. The second kappa shape index (κ2) is 6.79. The Kier molecular flexibility index (Phi) is 7.00. The molecule has 0 aliphatic heterocycles. The second-order valence-corrected chi connectivity index (χ2v) is 3.50. The third-order valence-corrected chi connectivity index (χ3v) is 1.78. The first-order valence-corrected chi connectivity index (χ1v) is 4.59. The number of rotatable bonds is 7. The van der Waals surface area contributed by atoms with Crippen LogP contribution in [0.3, 0.4) is 0 Å². The Hall–Kier alpha value is -1.49. The van der Waals surface area contributed by atoms with Crippen molar-refractivity contribution < 1.29 is 72.1 Å². The predicted molar refractivity (Wildman–Crippen MR) is 43.9 cm³/mol. The van der Waals surface area contributed by atoms with E-state index in [4.69, 9.17) is 0 Å². The number of aliphatic carboxylic acids is 1. The predicted octanol–water partition coefficient (Wildman–Crippen LogP) is 2.42. The highest BCUT2D eigenvalue weighted by molar-refractivity contribution is 5.73. The highest BCUT2D eigenvalue weighted by Gasteiger charge is 2.77. The molecule has 24 heavy (non-hydrogen) atoms. The van der Waals surface area contributed by atoms with E-state index in [9.17, 15) is 62.6 Å². The molecule has 0 spiro atoms. The van der Waals surface area contributed by atoms with Gasteiger partial charge >= 0.3 is 30.4 Å². The minimum Gasteiger partial charge on any atom is -0.544 e. The van der Waals surface area contributed by atoms with Gasteiger partial charge in [-0.05, 0) is 0 Å². The number of hydrogen-bond donors (Lipinski definition) is 1. The van der Waals surface area contributed by atoms with Crippen LogP contribution in [0.25, 0.3) is 0 Å². The maximum atomic E-state index is 12.6. The average molecular weight is 395 g/mol. The number of halogens is 12. The van der Waals surface area contributed by atoms with Crippen LogP contribution in [0.15, 0.2) is 0 Å². The largest absolute Gasteiger partial charge is 0.544 e. The van der Waals surface area contributed by atoms with Crippen LogP contribution in [-0.4, -0.2) is 42.8 Å². The van der Waals surface area contributed by atoms with E-state index in [2.05, 4.69) is 0 Å². The molecule has 0 rings (SSSR count). The van der Waals surface area contributed by atoms with E-state index in [1.165, 1.54) is 4.74 Å². The Morgan fingerprint density at radius 1 is 0.833 bits per heavy atom. The molecule has 0 bridgehead atoms. The van der Waals surface area contributed by atoms with Gasteiger partial charge in [-0.3, -0.25) is 4.74 Å². The number of quaternary nitrogens is 1. The summed E-state index contributed by atoms with van der Waals surface area (Å²) in [6.45, 7) is 0. The number of carbonyl (C=O) groups excluding carboxylic acids is 1. The molecule has 0 heterocycles. The molecule has 0 aromatic rings. The van der Waals surface area contributed by atoms with Gasteiger partial charge in [-0.25, -0.2) is 9.13 Å². The molecule has 1 atom stereocenters. The molecule has 0 saturated carbocycles. The molecular weight excluding hydrogens is 390 g/mol. The molecule has 0 fully saturated rings. The summed E-state index contributed by atoms with van der Waals surface area (Å²) in [5, 5.41) is 9.65. The third-order valence-electron chi connectivity index (χ3n) is 1.78. The zero-order chi connectivity index (χ0) is 19.1. The van der Waals surface area contributed by atoms with Gasteiger partial charge in [-0.15, -0.1) is 13.2 Å². The maximum absolute atomic E-state index is 12.6. The van der Waals surface area contributed by atoms with Crippen molar-refractivity contribution in [3.8, 4) is 0 Å². The van der Waals surface area contributed by atoms with Gasteiger partial charge in [0.2, 0.25) is 0 Å². The van der Waals surface area contributed by atoms with Crippen molar-refractivity contribution in [3.05, 3.63) is 0 Å². The molecule has 4 N–H and O–H groups in total. The zero-order valence-corrected chi connectivity index (χ0v) is 10.7. The topological polar surface area (TPSA) is 95.1 Å². The highest BCUT2D eigenvalue weighted by Crippen LogP contribution is 2.50. The van der Waals surface area contributed by atoms with Gasteiger partial charge in [0.15, 0.2) is 0 Å². The van der Waals surface area contributed by atoms with Crippen LogP contribution >= 0.6 is 0 Å². The summed E-state index contributed by atoms with van der Waals surface area (Å²) in [6, 6.07) is 0. The molecule has 0 radical (unpaired) electrons. The molecular formula is C7H5F12NO4. The molecule has 5 nitrogen and oxygen atoms in total. The van der Waals surface area contributed by atoms with Crippen LogP contribution in [0.1, 0.15) is 0 Å². The second-order valence-electron chi connectivity index (χ2n) is 3.50. The molecule has 17 heteroatoms. The fraction of sp³-hybridized carbons (Fsp3) is 0.857. The summed E-state index contributed by atoms with van der Waals surface area (Å²) < 4.78 is 150. The first-order valence-electron chi connectivity index (χ1n) is 4.59. The number of ether oxygens (including phenoxy) is 2. The number of carbonyl (C=O) groups is 1. The minimum absolute atomic E-state index is 0. The van der Waals surface area contributed by atoms with Gasteiger partial charge in [-0.2, -0.15) is 35.1 Å². The van der Waals surface area contributed by atoms with Crippen molar-refractivity contribution in [3.63, 3.8) is 0 Å². The first kappa shape index (κ1) is 24.8. The highest BCUT2D eigenvalue weighted by atomic mass is 19.4. The van der Waals surface area contributed by atoms with Gasteiger partial charge < -0.3 is 16.1 Å². The lowest BCUT2D eigenvalue weighted by molar-refractivity contribution is -0.515. The van der Waals surface area contributed by atoms with E-state index in [1.54, 1.807) is 0 Å². The van der Waals surface area contributed by atoms with E-state index in [1.807, 2.05) is 4.74 Å². The third kappa shape index (κ3) is 5.00. The van der Waals surface area contributed by atoms with Gasteiger partial charge in [0.1, 0.15) is 5.97 Å². The van der Waals surface area contributed by atoms with E-state index in [0.29, 0.717) is 0 Å². The van der Waals surface area contributed by atoms with E-state index >= 15 is 0 Å². The van der Waals surface area contributed by atoms with Crippen LogP contribution in [0.4, 0.5) is 52.7 Å². The van der Waals surface area contributed by atoms with Crippen molar-refractivity contribution in [2.45, 2.75) is 36.8 Å². The standard InChI is InChI=1S/C7H2F12O4.H3N/c8-1(3(9,10)2(20)21)22-5(13,14)4(11,12)6(15,16)23-7(17,18)19;/h1H,(H,20,21);1H3. The molecule has 0 amide bonds. The van der Waals surface area contributed by atoms with Gasteiger partial charge in [-0.1, -0.05) is 0 Å².